The molecule has 0 saturated heterocycles. The molecule has 1 heterocycles. The fraction of sp³-hybridized carbons (Fsp3) is 0. The molecule has 0 unspecified atom stereocenters. The molecule has 2 aromatic carbocycles. The van der Waals surface area contributed by atoms with Crippen molar-refractivity contribution in [1.82, 2.24) is 4.98 Å². The maximum Gasteiger partial charge on any atom is 0.138 e. The molecule has 100 valence electrons. The molecule has 0 aliphatic rings. The number of benzene rings is 2. The van der Waals surface area contributed by atoms with Gasteiger partial charge in [0.25, 0.3) is 0 Å². The van der Waals surface area contributed by atoms with Crippen LogP contribution in [0.2, 0.25) is 5.02 Å². The van der Waals surface area contributed by atoms with Gasteiger partial charge in [-0.1, -0.05) is 17.7 Å². The normalized spacial score (nSPS) is 10.7. The SMILES string of the molecule is Nc1cc(F)cc2c(Nc3cccc(Cl)c3)nccc12. The van der Waals surface area contributed by atoms with E-state index in [2.05, 4.69) is 10.3 Å². The van der Waals surface area contributed by atoms with Gasteiger partial charge in [-0.25, -0.2) is 9.37 Å². The molecule has 0 amide bonds. The molecule has 0 spiro atoms. The van der Waals surface area contributed by atoms with Crippen LogP contribution in [0.5, 0.6) is 0 Å². The van der Waals surface area contributed by atoms with E-state index >= 15 is 0 Å². The smallest absolute Gasteiger partial charge is 0.138 e. The van der Waals surface area contributed by atoms with Crippen molar-refractivity contribution in [3.63, 3.8) is 0 Å². The van der Waals surface area contributed by atoms with Crippen LogP contribution in [0.25, 0.3) is 10.8 Å². The Kier molecular flexibility index (Phi) is 3.16. The number of nitrogens with zero attached hydrogens (tertiary/aromatic N) is 1. The number of nitrogens with one attached hydrogen (secondary N) is 1. The zero-order valence-corrected chi connectivity index (χ0v) is 11.2. The van der Waals surface area contributed by atoms with Crippen molar-refractivity contribution in [2.24, 2.45) is 0 Å². The monoisotopic (exact) mass is 287 g/mol. The van der Waals surface area contributed by atoms with Gasteiger partial charge in [-0.15, -0.1) is 0 Å². The van der Waals surface area contributed by atoms with Crippen LogP contribution in [0.1, 0.15) is 0 Å². The van der Waals surface area contributed by atoms with E-state index in [9.17, 15) is 4.39 Å². The van der Waals surface area contributed by atoms with E-state index in [1.54, 1.807) is 24.4 Å². The van der Waals surface area contributed by atoms with E-state index in [1.165, 1.54) is 12.1 Å². The Bertz CT molecular complexity index is 789. The Morgan fingerprint density at radius 1 is 1.10 bits per heavy atom. The highest BCUT2D eigenvalue weighted by Crippen LogP contribution is 2.29. The molecule has 5 heteroatoms. The van der Waals surface area contributed by atoms with Gasteiger partial charge in [-0.3, -0.25) is 0 Å². The average Bonchev–Trinajstić information content (AvgIpc) is 2.40. The highest BCUT2D eigenvalue weighted by atomic mass is 35.5. The minimum atomic E-state index is -0.392. The van der Waals surface area contributed by atoms with E-state index in [-0.39, 0.29) is 0 Å². The number of anilines is 3. The van der Waals surface area contributed by atoms with E-state index in [1.807, 2.05) is 12.1 Å². The van der Waals surface area contributed by atoms with Crippen LogP contribution in [0, 0.1) is 5.82 Å². The molecule has 0 aliphatic carbocycles. The van der Waals surface area contributed by atoms with Crippen LogP contribution < -0.4 is 11.1 Å². The van der Waals surface area contributed by atoms with Gasteiger partial charge in [0, 0.05) is 33.4 Å². The van der Waals surface area contributed by atoms with Crippen LogP contribution in [-0.2, 0) is 0 Å². The van der Waals surface area contributed by atoms with Gasteiger partial charge in [-0.05, 0) is 36.4 Å². The first kappa shape index (κ1) is 12.7. The highest BCUT2D eigenvalue weighted by molar-refractivity contribution is 6.30. The standard InChI is InChI=1S/C15H11ClFN3/c16-9-2-1-3-11(6-9)20-15-13-7-10(17)8-14(18)12(13)4-5-19-15/h1-8H,18H2,(H,19,20). The second-order valence-corrected chi connectivity index (χ2v) is 4.82. The number of nitrogen functional groups attached to an aromatic ring is 1. The summed E-state index contributed by atoms with van der Waals surface area (Å²) < 4.78 is 13.5. The van der Waals surface area contributed by atoms with E-state index < -0.39 is 5.82 Å². The topological polar surface area (TPSA) is 50.9 Å². The molecule has 0 saturated carbocycles. The Hall–Kier alpha value is -2.33. The summed E-state index contributed by atoms with van der Waals surface area (Å²) in [7, 11) is 0. The molecular weight excluding hydrogens is 277 g/mol. The molecule has 3 aromatic rings. The predicted molar refractivity (Wildman–Crippen MR) is 80.8 cm³/mol. The summed E-state index contributed by atoms with van der Waals surface area (Å²) in [6.07, 6.45) is 1.63. The van der Waals surface area contributed by atoms with Crippen LogP contribution >= 0.6 is 11.6 Å². The number of halogens is 2. The summed E-state index contributed by atoms with van der Waals surface area (Å²) >= 11 is 5.94. The molecule has 3 nitrogen and oxygen atoms in total. The van der Waals surface area contributed by atoms with Crippen LogP contribution in [-0.4, -0.2) is 4.98 Å². The Labute approximate surface area is 120 Å². The van der Waals surface area contributed by atoms with Crippen molar-refractivity contribution in [3.05, 3.63) is 59.5 Å². The van der Waals surface area contributed by atoms with Gasteiger partial charge < -0.3 is 11.1 Å². The summed E-state index contributed by atoms with van der Waals surface area (Å²) in [5.41, 5.74) is 6.99. The zero-order valence-electron chi connectivity index (χ0n) is 10.4. The fourth-order valence-electron chi connectivity index (χ4n) is 2.08. The number of nitrogens with two attached hydrogens (primary N) is 1. The highest BCUT2D eigenvalue weighted by Gasteiger charge is 2.07. The number of hydrogen-bond donors (Lipinski definition) is 2. The molecule has 0 bridgehead atoms. The third-order valence-electron chi connectivity index (χ3n) is 2.96. The quantitative estimate of drug-likeness (QED) is 0.689. The van der Waals surface area contributed by atoms with Gasteiger partial charge in [0.15, 0.2) is 0 Å². The Morgan fingerprint density at radius 2 is 1.95 bits per heavy atom. The molecule has 0 radical (unpaired) electrons. The van der Waals surface area contributed by atoms with Gasteiger partial charge in [0.05, 0.1) is 0 Å². The number of fused-ring (bicyclic) bond motifs is 1. The van der Waals surface area contributed by atoms with E-state index in [0.29, 0.717) is 21.9 Å². The molecular formula is C15H11ClFN3. The third-order valence-corrected chi connectivity index (χ3v) is 3.20. The fourth-order valence-corrected chi connectivity index (χ4v) is 2.27. The van der Waals surface area contributed by atoms with Gasteiger partial charge in [-0.2, -0.15) is 0 Å². The first-order valence-electron chi connectivity index (χ1n) is 6.00. The van der Waals surface area contributed by atoms with E-state index in [4.69, 9.17) is 17.3 Å². The lowest BCUT2D eigenvalue weighted by Gasteiger charge is -2.10. The van der Waals surface area contributed by atoms with Crippen molar-refractivity contribution in [3.8, 4) is 0 Å². The first-order chi connectivity index (χ1) is 9.63. The van der Waals surface area contributed by atoms with Crippen molar-refractivity contribution in [2.45, 2.75) is 0 Å². The molecule has 3 rings (SSSR count). The minimum Gasteiger partial charge on any atom is -0.398 e. The second-order valence-electron chi connectivity index (χ2n) is 4.39. The maximum absolute atomic E-state index is 13.5. The number of hydrogen-bond acceptors (Lipinski definition) is 3. The van der Waals surface area contributed by atoms with Crippen LogP contribution in [0.3, 0.4) is 0 Å². The summed E-state index contributed by atoms with van der Waals surface area (Å²) in [6, 6.07) is 11.7. The van der Waals surface area contributed by atoms with Crippen molar-refractivity contribution >= 4 is 39.6 Å². The summed E-state index contributed by atoms with van der Waals surface area (Å²) in [5, 5.41) is 5.12. The number of aromatic nitrogens is 1. The molecule has 3 N–H and O–H groups in total. The molecule has 0 fully saturated rings. The summed E-state index contributed by atoms with van der Waals surface area (Å²) in [4.78, 5) is 4.24. The average molecular weight is 288 g/mol. The lowest BCUT2D eigenvalue weighted by atomic mass is 10.1. The van der Waals surface area contributed by atoms with Crippen molar-refractivity contribution in [1.29, 1.82) is 0 Å². The number of pyridine rings is 1. The Balaban J connectivity index is 2.12. The van der Waals surface area contributed by atoms with Gasteiger partial charge in [0.1, 0.15) is 11.6 Å². The van der Waals surface area contributed by atoms with E-state index in [0.717, 1.165) is 11.1 Å². The lowest BCUT2D eigenvalue weighted by molar-refractivity contribution is 0.630. The predicted octanol–water partition coefficient (Wildman–Crippen LogP) is 4.35. The van der Waals surface area contributed by atoms with Crippen LogP contribution in [0.4, 0.5) is 21.6 Å². The lowest BCUT2D eigenvalue weighted by Crippen LogP contribution is -1.97. The molecule has 20 heavy (non-hydrogen) atoms. The van der Waals surface area contributed by atoms with Crippen molar-refractivity contribution in [2.75, 3.05) is 11.1 Å². The first-order valence-corrected chi connectivity index (χ1v) is 6.37. The minimum absolute atomic E-state index is 0.386. The summed E-state index contributed by atoms with van der Waals surface area (Å²) in [5.74, 6) is 0.146. The largest absolute Gasteiger partial charge is 0.398 e. The summed E-state index contributed by atoms with van der Waals surface area (Å²) in [6.45, 7) is 0. The molecule has 0 atom stereocenters. The van der Waals surface area contributed by atoms with Gasteiger partial charge >= 0.3 is 0 Å². The zero-order chi connectivity index (χ0) is 14.1. The van der Waals surface area contributed by atoms with Crippen molar-refractivity contribution < 1.29 is 4.39 Å². The molecule has 1 aromatic heterocycles. The van der Waals surface area contributed by atoms with Crippen LogP contribution in [0.15, 0.2) is 48.7 Å². The number of rotatable bonds is 2. The third kappa shape index (κ3) is 2.38. The Morgan fingerprint density at radius 3 is 2.75 bits per heavy atom. The maximum atomic E-state index is 13.5. The second kappa shape index (κ2) is 4.98. The molecule has 0 aliphatic heterocycles. The van der Waals surface area contributed by atoms with Gasteiger partial charge in [0.2, 0.25) is 0 Å².